The largest absolute Gasteiger partial charge is 0.288 e. The molecule has 5 heteroatoms. The Morgan fingerprint density at radius 3 is 2.07 bits per heavy atom. The molecule has 1 aliphatic rings. The first-order valence-electron chi connectivity index (χ1n) is 3.96. The highest BCUT2D eigenvalue weighted by molar-refractivity contribution is 6.59. The smallest absolute Gasteiger partial charge is 0.206 e. The molecular formula is C10H3Cl2FO2. The standard InChI is InChI=1S/C10H3Cl2FO2/c11-7-8(12)10(15)6-3-4(13)1-2-5(6)9(7)14/h1-3H. The van der Waals surface area contributed by atoms with Crippen molar-refractivity contribution in [1.29, 1.82) is 0 Å². The zero-order chi connectivity index (χ0) is 11.2. The van der Waals surface area contributed by atoms with Crippen LogP contribution in [0.5, 0.6) is 0 Å². The van der Waals surface area contributed by atoms with E-state index in [0.29, 0.717) is 0 Å². The summed E-state index contributed by atoms with van der Waals surface area (Å²) >= 11 is 11.1. The molecule has 0 saturated carbocycles. The van der Waals surface area contributed by atoms with Crippen LogP contribution < -0.4 is 0 Å². The molecule has 0 heterocycles. The van der Waals surface area contributed by atoms with E-state index in [1.165, 1.54) is 6.07 Å². The van der Waals surface area contributed by atoms with Gasteiger partial charge in [0.1, 0.15) is 15.9 Å². The third-order valence-corrected chi connectivity index (χ3v) is 2.88. The van der Waals surface area contributed by atoms with Crippen LogP contribution in [-0.4, -0.2) is 11.6 Å². The average Bonchev–Trinajstić information content (AvgIpc) is 2.23. The van der Waals surface area contributed by atoms with Gasteiger partial charge in [-0.2, -0.15) is 0 Å². The Kier molecular flexibility index (Phi) is 2.37. The van der Waals surface area contributed by atoms with Crippen LogP contribution in [0.4, 0.5) is 4.39 Å². The molecule has 76 valence electrons. The van der Waals surface area contributed by atoms with Gasteiger partial charge >= 0.3 is 0 Å². The summed E-state index contributed by atoms with van der Waals surface area (Å²) in [7, 11) is 0. The zero-order valence-electron chi connectivity index (χ0n) is 7.18. The van der Waals surface area contributed by atoms with Crippen molar-refractivity contribution in [1.82, 2.24) is 0 Å². The lowest BCUT2D eigenvalue weighted by molar-refractivity contribution is 0.0986. The van der Waals surface area contributed by atoms with Gasteiger partial charge in [0.25, 0.3) is 0 Å². The van der Waals surface area contributed by atoms with Gasteiger partial charge in [-0.15, -0.1) is 0 Å². The fourth-order valence-electron chi connectivity index (χ4n) is 1.34. The molecule has 0 radical (unpaired) electrons. The second-order valence-electron chi connectivity index (χ2n) is 2.98. The van der Waals surface area contributed by atoms with Crippen molar-refractivity contribution in [2.45, 2.75) is 0 Å². The van der Waals surface area contributed by atoms with Crippen molar-refractivity contribution in [2.75, 3.05) is 0 Å². The Morgan fingerprint density at radius 1 is 0.933 bits per heavy atom. The minimum absolute atomic E-state index is 0.0469. The zero-order valence-corrected chi connectivity index (χ0v) is 8.69. The number of carbonyl (C=O) groups excluding carboxylic acids is 2. The summed E-state index contributed by atoms with van der Waals surface area (Å²) in [6, 6.07) is 3.28. The number of rotatable bonds is 0. The van der Waals surface area contributed by atoms with Gasteiger partial charge in [-0.1, -0.05) is 23.2 Å². The van der Waals surface area contributed by atoms with E-state index in [9.17, 15) is 14.0 Å². The molecule has 0 saturated heterocycles. The highest BCUT2D eigenvalue weighted by Gasteiger charge is 2.30. The molecule has 2 rings (SSSR count). The van der Waals surface area contributed by atoms with Crippen LogP contribution in [0.3, 0.4) is 0 Å². The monoisotopic (exact) mass is 244 g/mol. The molecule has 1 aromatic carbocycles. The van der Waals surface area contributed by atoms with E-state index < -0.39 is 17.4 Å². The fraction of sp³-hybridized carbons (Fsp3) is 0. The number of carbonyl (C=O) groups is 2. The van der Waals surface area contributed by atoms with Crippen molar-refractivity contribution in [3.8, 4) is 0 Å². The molecule has 1 aromatic rings. The minimum atomic E-state index is -0.629. The van der Waals surface area contributed by atoms with E-state index >= 15 is 0 Å². The summed E-state index contributed by atoms with van der Waals surface area (Å²) in [4.78, 5) is 23.1. The van der Waals surface area contributed by atoms with Crippen molar-refractivity contribution in [2.24, 2.45) is 0 Å². The van der Waals surface area contributed by atoms with E-state index in [1.807, 2.05) is 0 Å². The van der Waals surface area contributed by atoms with Crippen LogP contribution >= 0.6 is 23.2 Å². The Bertz CT molecular complexity index is 520. The topological polar surface area (TPSA) is 34.1 Å². The molecule has 0 N–H and O–H groups in total. The van der Waals surface area contributed by atoms with Crippen LogP contribution in [0.1, 0.15) is 20.7 Å². The molecule has 1 aliphatic carbocycles. The van der Waals surface area contributed by atoms with Crippen LogP contribution in [0.2, 0.25) is 0 Å². The summed E-state index contributed by atoms with van der Waals surface area (Å²) in [6.07, 6.45) is 0. The number of Topliss-reactive ketones (excluding diaryl/α,β-unsaturated/α-hetero) is 2. The second-order valence-corrected chi connectivity index (χ2v) is 3.73. The van der Waals surface area contributed by atoms with Crippen molar-refractivity contribution in [3.63, 3.8) is 0 Å². The maximum Gasteiger partial charge on any atom is 0.206 e. The first-order valence-corrected chi connectivity index (χ1v) is 4.72. The first-order chi connectivity index (χ1) is 7.02. The van der Waals surface area contributed by atoms with Gasteiger partial charge in [0, 0.05) is 11.1 Å². The van der Waals surface area contributed by atoms with E-state index in [-0.39, 0.29) is 21.2 Å². The number of ketones is 2. The van der Waals surface area contributed by atoms with Gasteiger partial charge in [-0.25, -0.2) is 4.39 Å². The molecular weight excluding hydrogens is 242 g/mol. The normalized spacial score (nSPS) is 15.7. The van der Waals surface area contributed by atoms with Crippen molar-refractivity contribution < 1.29 is 14.0 Å². The molecule has 15 heavy (non-hydrogen) atoms. The van der Waals surface area contributed by atoms with Crippen LogP contribution in [0.25, 0.3) is 0 Å². The number of benzene rings is 1. The summed E-state index contributed by atoms with van der Waals surface area (Å²) in [5.74, 6) is -1.79. The van der Waals surface area contributed by atoms with Crippen LogP contribution in [0.15, 0.2) is 28.3 Å². The maximum atomic E-state index is 12.9. The van der Waals surface area contributed by atoms with E-state index in [4.69, 9.17) is 23.2 Å². The lowest BCUT2D eigenvalue weighted by Crippen LogP contribution is -2.17. The van der Waals surface area contributed by atoms with Crippen molar-refractivity contribution in [3.05, 3.63) is 45.2 Å². The SMILES string of the molecule is O=C1C(Cl)=C(Cl)C(=O)c2cc(F)ccc21. The molecule has 0 amide bonds. The lowest BCUT2D eigenvalue weighted by Gasteiger charge is -2.13. The number of halogens is 3. The lowest BCUT2D eigenvalue weighted by atomic mass is 9.94. The van der Waals surface area contributed by atoms with E-state index in [2.05, 4.69) is 0 Å². The third kappa shape index (κ3) is 1.48. The number of hydrogen-bond acceptors (Lipinski definition) is 2. The maximum absolute atomic E-state index is 12.9. The molecule has 0 aliphatic heterocycles. The van der Waals surface area contributed by atoms with Crippen LogP contribution in [0, 0.1) is 5.82 Å². The highest BCUT2D eigenvalue weighted by atomic mass is 35.5. The van der Waals surface area contributed by atoms with Gasteiger partial charge in [0.15, 0.2) is 0 Å². The molecule has 0 bridgehead atoms. The average molecular weight is 245 g/mol. The van der Waals surface area contributed by atoms with Gasteiger partial charge in [0.05, 0.1) is 0 Å². The fourth-order valence-corrected chi connectivity index (χ4v) is 1.71. The Morgan fingerprint density at radius 2 is 1.47 bits per heavy atom. The van der Waals surface area contributed by atoms with E-state index in [0.717, 1.165) is 12.1 Å². The predicted octanol–water partition coefficient (Wildman–Crippen LogP) is 2.89. The van der Waals surface area contributed by atoms with Crippen molar-refractivity contribution >= 4 is 34.8 Å². The Labute approximate surface area is 94.3 Å². The second kappa shape index (κ2) is 3.43. The third-order valence-electron chi connectivity index (χ3n) is 2.06. The number of hydrogen-bond donors (Lipinski definition) is 0. The first kappa shape index (κ1) is 10.3. The Balaban J connectivity index is 2.73. The van der Waals surface area contributed by atoms with Gasteiger partial charge in [0.2, 0.25) is 11.6 Å². The van der Waals surface area contributed by atoms with Gasteiger partial charge in [-0.05, 0) is 18.2 Å². The molecule has 0 fully saturated rings. The number of fused-ring (bicyclic) bond motifs is 1. The molecule has 0 spiro atoms. The predicted molar refractivity (Wildman–Crippen MR) is 53.8 cm³/mol. The molecule has 2 nitrogen and oxygen atoms in total. The highest BCUT2D eigenvalue weighted by Crippen LogP contribution is 2.30. The van der Waals surface area contributed by atoms with Gasteiger partial charge in [-0.3, -0.25) is 9.59 Å². The summed E-state index contributed by atoms with van der Waals surface area (Å²) in [6.45, 7) is 0. The minimum Gasteiger partial charge on any atom is -0.288 e. The summed E-state index contributed by atoms with van der Waals surface area (Å²) in [5, 5.41) is -0.680. The molecule has 0 aromatic heterocycles. The van der Waals surface area contributed by atoms with Gasteiger partial charge < -0.3 is 0 Å². The van der Waals surface area contributed by atoms with E-state index in [1.54, 1.807) is 0 Å². The van der Waals surface area contributed by atoms with Crippen LogP contribution in [-0.2, 0) is 0 Å². The summed E-state index contributed by atoms with van der Waals surface area (Å²) in [5.41, 5.74) is 0.0326. The molecule has 0 atom stereocenters. The summed E-state index contributed by atoms with van der Waals surface area (Å²) < 4.78 is 12.9. The molecule has 0 unspecified atom stereocenters. The Hall–Kier alpha value is -1.19. The number of allylic oxidation sites excluding steroid dienone is 2. The quantitative estimate of drug-likeness (QED) is 0.704.